The molecule has 1 aromatic heterocycles. The quantitative estimate of drug-likeness (QED) is 0.656. The number of methoxy groups -OCH3 is 1. The summed E-state index contributed by atoms with van der Waals surface area (Å²) < 4.78 is 5.04. The smallest absolute Gasteiger partial charge is 0.240 e. The molecule has 0 fully saturated rings. The lowest BCUT2D eigenvalue weighted by atomic mass is 10.0. The van der Waals surface area contributed by atoms with E-state index in [-0.39, 0.29) is 5.92 Å². The minimum Gasteiger partial charge on any atom is -0.377 e. The van der Waals surface area contributed by atoms with Crippen molar-refractivity contribution in [3.63, 3.8) is 0 Å². The van der Waals surface area contributed by atoms with Crippen LogP contribution in [0.3, 0.4) is 0 Å². The van der Waals surface area contributed by atoms with Gasteiger partial charge in [-0.2, -0.15) is 0 Å². The van der Waals surface area contributed by atoms with E-state index >= 15 is 0 Å². The van der Waals surface area contributed by atoms with Gasteiger partial charge in [-0.05, 0) is 12.8 Å². The molecule has 7 nitrogen and oxygen atoms in total. The number of primary amides is 1. The van der Waals surface area contributed by atoms with Crippen LogP contribution in [0.2, 0.25) is 0 Å². The molecule has 20 heavy (non-hydrogen) atoms. The monoisotopic (exact) mass is 281 g/mol. The average molecular weight is 281 g/mol. The first-order valence-corrected chi connectivity index (χ1v) is 6.64. The van der Waals surface area contributed by atoms with Gasteiger partial charge in [0.15, 0.2) is 5.82 Å². The molecule has 0 aliphatic rings. The molecular weight excluding hydrogens is 258 g/mol. The van der Waals surface area contributed by atoms with Crippen LogP contribution in [0.1, 0.15) is 26.6 Å². The van der Waals surface area contributed by atoms with Gasteiger partial charge in [0, 0.05) is 19.7 Å². The SMILES string of the molecule is CCNc1cc(NC(C(N)=O)C(C)C)nc(COC)n1. The summed E-state index contributed by atoms with van der Waals surface area (Å²) in [4.78, 5) is 20.1. The average Bonchev–Trinajstić information content (AvgIpc) is 2.36. The summed E-state index contributed by atoms with van der Waals surface area (Å²) in [5, 5.41) is 6.17. The fourth-order valence-corrected chi connectivity index (χ4v) is 1.76. The Morgan fingerprint density at radius 2 is 2.05 bits per heavy atom. The number of rotatable bonds is 8. The molecule has 0 spiro atoms. The second-order valence-electron chi connectivity index (χ2n) is 4.79. The fraction of sp³-hybridized carbons (Fsp3) is 0.615. The Hall–Kier alpha value is -1.89. The van der Waals surface area contributed by atoms with Gasteiger partial charge >= 0.3 is 0 Å². The third-order valence-electron chi connectivity index (χ3n) is 2.68. The second-order valence-corrected chi connectivity index (χ2v) is 4.79. The van der Waals surface area contributed by atoms with Gasteiger partial charge in [-0.1, -0.05) is 13.8 Å². The van der Waals surface area contributed by atoms with Crippen molar-refractivity contribution in [2.24, 2.45) is 11.7 Å². The topological polar surface area (TPSA) is 102 Å². The van der Waals surface area contributed by atoms with Gasteiger partial charge in [0.25, 0.3) is 0 Å². The summed E-state index contributed by atoms with van der Waals surface area (Å²) in [7, 11) is 1.58. The summed E-state index contributed by atoms with van der Waals surface area (Å²) in [6.45, 7) is 6.87. The summed E-state index contributed by atoms with van der Waals surface area (Å²) in [5.41, 5.74) is 5.39. The van der Waals surface area contributed by atoms with Crippen LogP contribution in [0.15, 0.2) is 6.07 Å². The molecule has 0 aliphatic carbocycles. The maximum Gasteiger partial charge on any atom is 0.240 e. The number of hydrogen-bond donors (Lipinski definition) is 3. The Labute approximate surface area is 119 Å². The lowest BCUT2D eigenvalue weighted by Crippen LogP contribution is -2.39. The van der Waals surface area contributed by atoms with Crippen molar-refractivity contribution < 1.29 is 9.53 Å². The predicted molar refractivity (Wildman–Crippen MR) is 78.4 cm³/mol. The second kappa shape index (κ2) is 7.64. The lowest BCUT2D eigenvalue weighted by Gasteiger charge is -2.20. The number of anilines is 2. The van der Waals surface area contributed by atoms with Gasteiger partial charge in [0.1, 0.15) is 24.3 Å². The van der Waals surface area contributed by atoms with Crippen LogP contribution in [0.25, 0.3) is 0 Å². The molecule has 0 saturated carbocycles. The maximum atomic E-state index is 11.4. The summed E-state index contributed by atoms with van der Waals surface area (Å²) in [6.07, 6.45) is 0. The van der Waals surface area contributed by atoms with E-state index in [1.165, 1.54) is 0 Å². The summed E-state index contributed by atoms with van der Waals surface area (Å²) in [6, 6.07) is 1.27. The molecule has 1 aromatic rings. The van der Waals surface area contributed by atoms with Crippen molar-refractivity contribution in [1.82, 2.24) is 9.97 Å². The number of hydrogen-bond acceptors (Lipinski definition) is 6. The number of ether oxygens (including phenoxy) is 1. The Bertz CT molecular complexity index is 426. The van der Waals surface area contributed by atoms with Crippen molar-refractivity contribution in [2.45, 2.75) is 33.4 Å². The molecule has 0 bridgehead atoms. The predicted octanol–water partition coefficient (Wildman–Crippen LogP) is 0.977. The van der Waals surface area contributed by atoms with Crippen LogP contribution in [0, 0.1) is 5.92 Å². The molecule has 0 radical (unpaired) electrons. The van der Waals surface area contributed by atoms with Crippen molar-refractivity contribution >= 4 is 17.5 Å². The zero-order chi connectivity index (χ0) is 15.1. The number of amides is 1. The Balaban J connectivity index is 2.99. The first-order valence-electron chi connectivity index (χ1n) is 6.64. The van der Waals surface area contributed by atoms with Gasteiger partial charge in [-0.3, -0.25) is 4.79 Å². The Kier molecular flexibility index (Phi) is 6.17. The highest BCUT2D eigenvalue weighted by molar-refractivity contribution is 5.83. The highest BCUT2D eigenvalue weighted by Crippen LogP contribution is 2.15. The van der Waals surface area contributed by atoms with E-state index in [4.69, 9.17) is 10.5 Å². The molecule has 112 valence electrons. The van der Waals surface area contributed by atoms with Crippen molar-refractivity contribution in [3.8, 4) is 0 Å². The van der Waals surface area contributed by atoms with Crippen molar-refractivity contribution in [2.75, 3.05) is 24.3 Å². The molecule has 1 heterocycles. The molecule has 0 aliphatic heterocycles. The van der Waals surface area contributed by atoms with Crippen LogP contribution in [-0.2, 0) is 16.1 Å². The molecule has 0 aromatic carbocycles. The molecule has 4 N–H and O–H groups in total. The molecule has 7 heteroatoms. The van der Waals surface area contributed by atoms with E-state index in [1.807, 2.05) is 20.8 Å². The van der Waals surface area contributed by atoms with Crippen molar-refractivity contribution in [3.05, 3.63) is 11.9 Å². The minimum atomic E-state index is -0.477. The molecule has 1 atom stereocenters. The molecule has 1 unspecified atom stereocenters. The van der Waals surface area contributed by atoms with E-state index in [2.05, 4.69) is 20.6 Å². The largest absolute Gasteiger partial charge is 0.377 e. The summed E-state index contributed by atoms with van der Waals surface area (Å²) >= 11 is 0. The Morgan fingerprint density at radius 1 is 1.40 bits per heavy atom. The van der Waals surface area contributed by atoms with Crippen molar-refractivity contribution in [1.29, 1.82) is 0 Å². The van der Waals surface area contributed by atoms with E-state index in [1.54, 1.807) is 13.2 Å². The van der Waals surface area contributed by atoms with Crippen LogP contribution >= 0.6 is 0 Å². The highest BCUT2D eigenvalue weighted by atomic mass is 16.5. The number of aromatic nitrogens is 2. The minimum absolute atomic E-state index is 0.0657. The first kappa shape index (κ1) is 16.2. The standard InChI is InChI=1S/C13H23N5O2/c1-5-15-9-6-10(17-11(16-9)7-20-4)18-12(8(2)3)13(14)19/h6,8,12H,5,7H2,1-4H3,(H2,14,19)(H2,15,16,17,18). The molecule has 0 saturated heterocycles. The number of carbonyl (C=O) groups excluding carboxylic acids is 1. The van der Waals surface area contributed by atoms with Crippen LogP contribution in [0.5, 0.6) is 0 Å². The van der Waals surface area contributed by atoms with Gasteiger partial charge in [-0.25, -0.2) is 9.97 Å². The van der Waals surface area contributed by atoms with Gasteiger partial charge in [0.2, 0.25) is 5.91 Å². The lowest BCUT2D eigenvalue weighted by molar-refractivity contribution is -0.119. The third-order valence-corrected chi connectivity index (χ3v) is 2.68. The van der Waals surface area contributed by atoms with Crippen LogP contribution in [-0.4, -0.2) is 35.6 Å². The fourth-order valence-electron chi connectivity index (χ4n) is 1.76. The first-order chi connectivity index (χ1) is 9.47. The Morgan fingerprint density at radius 3 is 2.55 bits per heavy atom. The normalized spacial score (nSPS) is 12.2. The molecule has 1 rings (SSSR count). The van der Waals surface area contributed by atoms with Gasteiger partial charge < -0.3 is 21.1 Å². The zero-order valence-electron chi connectivity index (χ0n) is 12.4. The molecular formula is C13H23N5O2. The van der Waals surface area contributed by atoms with Gasteiger partial charge in [0.05, 0.1) is 0 Å². The van der Waals surface area contributed by atoms with E-state index < -0.39 is 11.9 Å². The number of carbonyl (C=O) groups is 1. The van der Waals surface area contributed by atoms with Crippen LogP contribution < -0.4 is 16.4 Å². The molecule has 1 amide bonds. The van der Waals surface area contributed by atoms with E-state index in [0.29, 0.717) is 24.1 Å². The van der Waals surface area contributed by atoms with E-state index in [0.717, 1.165) is 6.54 Å². The zero-order valence-corrected chi connectivity index (χ0v) is 12.4. The highest BCUT2D eigenvalue weighted by Gasteiger charge is 2.20. The maximum absolute atomic E-state index is 11.4. The third kappa shape index (κ3) is 4.65. The van der Waals surface area contributed by atoms with Gasteiger partial charge in [-0.15, -0.1) is 0 Å². The van der Waals surface area contributed by atoms with Crippen LogP contribution in [0.4, 0.5) is 11.6 Å². The summed E-state index contributed by atoms with van der Waals surface area (Å²) in [5.74, 6) is 1.44. The number of nitrogens with one attached hydrogen (secondary N) is 2. The van der Waals surface area contributed by atoms with E-state index in [9.17, 15) is 4.79 Å². The number of nitrogens with zero attached hydrogens (tertiary/aromatic N) is 2. The number of nitrogens with two attached hydrogens (primary N) is 1.